The lowest BCUT2D eigenvalue weighted by Gasteiger charge is -2.45. The van der Waals surface area contributed by atoms with Crippen LogP contribution in [-0.4, -0.2) is 70.2 Å². The minimum Gasteiger partial charge on any atom is -0.463 e. The molecule has 6 atom stereocenters. The number of fused-ring (bicyclic) bond motifs is 9. The number of ether oxygens (including phenoxy) is 6. The molecule has 6 aromatic rings. The number of hydrogen-bond acceptors (Lipinski definition) is 16. The minimum atomic E-state index is -2.76. The van der Waals surface area contributed by atoms with Crippen molar-refractivity contribution in [1.29, 1.82) is 0 Å². The molecule has 92 heavy (non-hydrogen) atoms. The summed E-state index contributed by atoms with van der Waals surface area (Å²) in [6.07, 6.45) is 7.97. The maximum absolute atomic E-state index is 15.3. The molecule has 1 saturated carbocycles. The van der Waals surface area contributed by atoms with Gasteiger partial charge in [0.1, 0.15) is 37.9 Å². The first-order valence-electron chi connectivity index (χ1n) is 29.0. The number of Topliss-reactive ketones (excluding diaryl/α,β-unsaturated/α-hetero) is 4. The third-order valence-electron chi connectivity index (χ3n) is 16.9. The molecular formula is C72H46F4O14S2. The van der Waals surface area contributed by atoms with Crippen LogP contribution in [0.1, 0.15) is 58.3 Å². The number of halogens is 4. The molecule has 1 saturated heterocycles. The Morgan fingerprint density at radius 2 is 0.935 bits per heavy atom. The lowest BCUT2D eigenvalue weighted by atomic mass is 9.72. The summed E-state index contributed by atoms with van der Waals surface area (Å²) in [5.41, 5.74) is -4.83. The zero-order chi connectivity index (χ0) is 63.7. The van der Waals surface area contributed by atoms with Gasteiger partial charge in [-0.3, -0.25) is 19.2 Å². The first kappa shape index (κ1) is 59.3. The molecule has 14 rings (SSSR count). The van der Waals surface area contributed by atoms with Gasteiger partial charge in [-0.15, -0.1) is 23.1 Å². The van der Waals surface area contributed by atoms with Gasteiger partial charge in [0.2, 0.25) is 0 Å². The smallest absolute Gasteiger partial charge is 0.367 e. The molecule has 4 heterocycles. The van der Waals surface area contributed by atoms with Gasteiger partial charge in [-0.2, -0.15) is 0 Å². The molecule has 8 aliphatic rings. The van der Waals surface area contributed by atoms with Crippen molar-refractivity contribution in [2.45, 2.75) is 55.2 Å². The van der Waals surface area contributed by atoms with Crippen molar-refractivity contribution in [1.82, 2.24) is 0 Å². The van der Waals surface area contributed by atoms with Crippen LogP contribution in [0.3, 0.4) is 0 Å². The summed E-state index contributed by atoms with van der Waals surface area (Å²) in [5, 5.41) is -0.982. The maximum Gasteiger partial charge on any atom is 0.367 e. The predicted octanol–water partition coefficient (Wildman–Crippen LogP) is 12.0. The van der Waals surface area contributed by atoms with Gasteiger partial charge in [0, 0.05) is 70.7 Å². The van der Waals surface area contributed by atoms with Gasteiger partial charge in [0.15, 0.2) is 47.1 Å². The Balaban J connectivity index is 0.906. The number of benzene rings is 5. The number of thiophene rings is 1. The van der Waals surface area contributed by atoms with Gasteiger partial charge in [-0.25, -0.2) is 36.7 Å². The van der Waals surface area contributed by atoms with Crippen LogP contribution in [-0.2, 0) is 89.2 Å². The number of rotatable bonds is 14. The number of esters is 4. The second-order valence-electron chi connectivity index (χ2n) is 22.6. The van der Waals surface area contributed by atoms with Crippen molar-refractivity contribution in [3.05, 3.63) is 293 Å². The van der Waals surface area contributed by atoms with Gasteiger partial charge in [-0.05, 0) is 76.9 Å². The summed E-state index contributed by atoms with van der Waals surface area (Å²) in [4.78, 5) is 117. The van der Waals surface area contributed by atoms with Gasteiger partial charge in [0.05, 0.1) is 17.1 Å². The lowest BCUT2D eigenvalue weighted by Crippen LogP contribution is -2.60. The van der Waals surface area contributed by atoms with E-state index >= 15 is 19.2 Å². The molecule has 0 spiro atoms. The molecule has 2 fully saturated rings. The van der Waals surface area contributed by atoms with Crippen molar-refractivity contribution >= 4 is 81.8 Å². The highest BCUT2D eigenvalue weighted by Crippen LogP contribution is 2.58. The van der Waals surface area contributed by atoms with E-state index in [0.29, 0.717) is 40.0 Å². The first-order chi connectivity index (χ1) is 44.5. The number of thioether (sulfide) groups is 1. The Hall–Kier alpha value is -10.3. The van der Waals surface area contributed by atoms with Gasteiger partial charge < -0.3 is 28.4 Å². The minimum absolute atomic E-state index is 0.0178. The Kier molecular flexibility index (Phi) is 15.1. The molecular weight excluding hydrogens is 1230 g/mol. The molecule has 20 heteroatoms. The summed E-state index contributed by atoms with van der Waals surface area (Å²) >= 11 is 2.00. The van der Waals surface area contributed by atoms with Crippen LogP contribution in [0.15, 0.2) is 232 Å². The topological polar surface area (TPSA) is 192 Å². The van der Waals surface area contributed by atoms with E-state index in [2.05, 4.69) is 0 Å². The summed E-state index contributed by atoms with van der Waals surface area (Å²) in [7, 11) is 0. The van der Waals surface area contributed by atoms with E-state index in [1.165, 1.54) is 24.3 Å². The number of ketones is 4. The van der Waals surface area contributed by atoms with E-state index in [4.69, 9.17) is 28.4 Å². The lowest BCUT2D eigenvalue weighted by molar-refractivity contribution is -0.195. The second-order valence-corrected chi connectivity index (χ2v) is 24.9. The molecule has 5 aliphatic carbocycles. The number of allylic oxidation sites excluding steroid dienone is 13. The second kappa shape index (κ2) is 23.5. The molecule has 0 bridgehead atoms. The highest BCUT2D eigenvalue weighted by atomic mass is 32.2. The predicted molar refractivity (Wildman–Crippen MR) is 325 cm³/mol. The molecule has 0 radical (unpaired) electrons. The average molecular weight is 1280 g/mol. The fraction of sp³-hybridized carbons (Fsp3) is 0.167. The van der Waals surface area contributed by atoms with Crippen LogP contribution in [0.5, 0.6) is 0 Å². The van der Waals surface area contributed by atoms with Crippen molar-refractivity contribution in [2.24, 2.45) is 17.8 Å². The van der Waals surface area contributed by atoms with Crippen molar-refractivity contribution in [2.75, 3.05) is 0 Å². The largest absolute Gasteiger partial charge is 0.463 e. The van der Waals surface area contributed by atoms with E-state index in [1.807, 2.05) is 0 Å². The quantitative estimate of drug-likeness (QED) is 0.0250. The molecule has 0 amide bonds. The summed E-state index contributed by atoms with van der Waals surface area (Å²) in [5.74, 6) is -13.8. The number of alkyl halides is 2. The summed E-state index contributed by atoms with van der Waals surface area (Å²) in [6.45, 7) is -1.31. The first-order valence-corrected chi connectivity index (χ1v) is 30.7. The van der Waals surface area contributed by atoms with Gasteiger partial charge >= 0.3 is 35.1 Å². The van der Waals surface area contributed by atoms with Gasteiger partial charge in [0.25, 0.3) is 0 Å². The molecule has 458 valence electrons. The average Bonchev–Trinajstić information content (AvgIpc) is 1.07. The van der Waals surface area contributed by atoms with E-state index in [9.17, 15) is 36.7 Å². The fourth-order valence-electron chi connectivity index (χ4n) is 12.3. The van der Waals surface area contributed by atoms with E-state index in [1.54, 1.807) is 146 Å². The number of carbonyl (C=O) groups excluding carboxylic acids is 8. The van der Waals surface area contributed by atoms with Crippen LogP contribution in [0.2, 0.25) is 0 Å². The molecule has 0 N–H and O–H groups in total. The summed E-state index contributed by atoms with van der Waals surface area (Å²) < 4.78 is 96.3. The molecule has 1 aromatic heterocycles. The highest BCUT2D eigenvalue weighted by Gasteiger charge is 2.66. The third kappa shape index (κ3) is 10.2. The molecule has 3 aliphatic heterocycles. The zero-order valence-electron chi connectivity index (χ0n) is 47.8. The number of hydrogen-bond donors (Lipinski definition) is 0. The monoisotopic (exact) mass is 1270 g/mol. The van der Waals surface area contributed by atoms with Crippen molar-refractivity contribution in [3.63, 3.8) is 0 Å². The standard InChI is InChI=1S/C72H46F4O14S2/c73-55-29-45-46(30-56(55)74)62(78)51(61(45)77)25-43-27-53-65(91-43)49-21-42-24-60-50(22-41(42)23-59(49)89-71(53,67(81)85-33-37-13-5-1-6-14-37)68(82)86-34-38-15-7-2-8-16-38)66-54(28-44(92-66)26-52-63(79)47-31-57(75)58(76)32-48(47)64(52)80)72(90-60,69(83)87-35-39-17-9-3-10-18-39)70(84)88-36-40-19-11-4-12-20-40/h1-32,41-42,53,55-56,65H,33-36H2. The Morgan fingerprint density at radius 1 is 0.489 bits per heavy atom. The summed E-state index contributed by atoms with van der Waals surface area (Å²) in [6, 6.07) is 37.2. The molecule has 6 unspecified atom stereocenters. The fourth-order valence-corrected chi connectivity index (χ4v) is 14.9. The van der Waals surface area contributed by atoms with Gasteiger partial charge in [-0.1, -0.05) is 140 Å². The highest BCUT2D eigenvalue weighted by molar-refractivity contribution is 8.04. The SMILES string of the molecule is O=C1C(=CC2=CC3C(S2)C2=CC4C=C5OC(C(=O)OCc6ccccc6)(C(=O)OCc6ccccc6)c6cc(C=C7C(=O)c8cc(F)c(F)cc8C7=O)sc6C5=CC4C=C2OC3(C(=O)OCc2ccccc2)C(=O)OCc2ccccc2)C(=O)C2=CC(F)C(F)C=C12. The Bertz CT molecular complexity index is 4330. The number of carbonyl (C=O) groups is 8. The normalized spacial score (nSPS) is 22.4. The molecule has 5 aromatic carbocycles. The van der Waals surface area contributed by atoms with Crippen LogP contribution in [0.4, 0.5) is 17.6 Å². The van der Waals surface area contributed by atoms with Crippen LogP contribution < -0.4 is 0 Å². The van der Waals surface area contributed by atoms with E-state index < -0.39 is 116 Å². The van der Waals surface area contributed by atoms with Crippen LogP contribution in [0, 0.1) is 29.4 Å². The maximum atomic E-state index is 15.3. The molecule has 14 nitrogen and oxygen atoms in total. The van der Waals surface area contributed by atoms with Crippen LogP contribution in [0.25, 0.3) is 11.6 Å². The zero-order valence-corrected chi connectivity index (χ0v) is 49.4. The van der Waals surface area contributed by atoms with E-state index in [-0.39, 0.29) is 86.0 Å². The Morgan fingerprint density at radius 3 is 1.42 bits per heavy atom. The van der Waals surface area contributed by atoms with E-state index in [0.717, 1.165) is 35.3 Å². The van der Waals surface area contributed by atoms with Crippen molar-refractivity contribution in [3.8, 4) is 0 Å². The van der Waals surface area contributed by atoms with Crippen LogP contribution >= 0.6 is 23.1 Å². The third-order valence-corrected chi connectivity index (χ3v) is 19.3. The van der Waals surface area contributed by atoms with Crippen molar-refractivity contribution < 1.29 is 84.3 Å². The Labute approximate surface area is 529 Å².